The van der Waals surface area contributed by atoms with Crippen molar-refractivity contribution in [2.45, 2.75) is 31.7 Å². The molecule has 2 rings (SSSR count). The molecule has 0 radical (unpaired) electrons. The molecule has 3 atom stereocenters. The minimum Gasteiger partial charge on any atom is -0.378 e. The molecule has 18 heavy (non-hydrogen) atoms. The Balaban J connectivity index is 2.20. The topological polar surface area (TPSA) is 34.2 Å². The zero-order chi connectivity index (χ0) is 13.3. The third-order valence-electron chi connectivity index (χ3n) is 3.25. The molecule has 1 aliphatic heterocycles. The Kier molecular flexibility index (Phi) is 3.93. The van der Waals surface area contributed by atoms with Crippen molar-refractivity contribution in [3.63, 3.8) is 0 Å². The van der Waals surface area contributed by atoms with Crippen LogP contribution < -0.4 is 5.32 Å². The first-order chi connectivity index (χ1) is 8.43. The molecule has 1 aromatic heterocycles. The van der Waals surface area contributed by atoms with Crippen LogP contribution in [0.5, 0.6) is 0 Å². The summed E-state index contributed by atoms with van der Waals surface area (Å²) in [5.41, 5.74) is 0. The van der Waals surface area contributed by atoms with Gasteiger partial charge in [-0.2, -0.15) is 13.2 Å². The minimum atomic E-state index is -4.36. The number of halogens is 3. The van der Waals surface area contributed by atoms with Crippen molar-refractivity contribution in [1.29, 1.82) is 0 Å². The molecule has 7 heteroatoms. The Morgan fingerprint density at radius 3 is 2.72 bits per heavy atom. The van der Waals surface area contributed by atoms with E-state index in [9.17, 15) is 13.2 Å². The highest BCUT2D eigenvalue weighted by Crippen LogP contribution is 2.39. The molecule has 0 bridgehead atoms. The second-order valence-corrected chi connectivity index (χ2v) is 5.42. The molecule has 0 spiro atoms. The van der Waals surface area contributed by atoms with Crippen molar-refractivity contribution in [1.82, 2.24) is 10.3 Å². The number of thiazole rings is 1. The first-order valence-corrected chi connectivity index (χ1v) is 6.57. The monoisotopic (exact) mass is 280 g/mol. The molecule has 0 saturated carbocycles. The first-order valence-electron chi connectivity index (χ1n) is 5.75. The summed E-state index contributed by atoms with van der Waals surface area (Å²) in [5, 5.41) is 2.29. The Labute approximate surface area is 107 Å². The van der Waals surface area contributed by atoms with E-state index in [4.69, 9.17) is 4.74 Å². The zero-order valence-corrected chi connectivity index (χ0v) is 10.9. The van der Waals surface area contributed by atoms with E-state index in [2.05, 4.69) is 10.3 Å². The number of alkyl halides is 3. The third-order valence-corrected chi connectivity index (χ3v) is 4.37. The maximum absolute atomic E-state index is 12.5. The molecular weight excluding hydrogens is 265 g/mol. The molecule has 3 unspecified atom stereocenters. The average molecular weight is 280 g/mol. The van der Waals surface area contributed by atoms with Crippen LogP contribution in [-0.4, -0.2) is 24.7 Å². The number of ether oxygens (including phenoxy) is 1. The largest absolute Gasteiger partial charge is 0.443 e. The Bertz CT molecular complexity index is 407. The Morgan fingerprint density at radius 2 is 2.28 bits per heavy atom. The molecule has 1 aromatic rings. The highest BCUT2D eigenvalue weighted by Gasteiger charge is 2.37. The fourth-order valence-corrected chi connectivity index (χ4v) is 3.28. The quantitative estimate of drug-likeness (QED) is 0.924. The van der Waals surface area contributed by atoms with Crippen LogP contribution in [0.1, 0.15) is 29.3 Å². The maximum Gasteiger partial charge on any atom is 0.443 e. The molecule has 2 heterocycles. The predicted octanol–water partition coefficient (Wildman–Crippen LogP) is 2.85. The van der Waals surface area contributed by atoms with Crippen LogP contribution in [0.4, 0.5) is 13.2 Å². The number of rotatable bonds is 3. The lowest BCUT2D eigenvalue weighted by atomic mass is 9.93. The van der Waals surface area contributed by atoms with Gasteiger partial charge in [-0.05, 0) is 20.4 Å². The summed E-state index contributed by atoms with van der Waals surface area (Å²) < 4.78 is 43.0. The van der Waals surface area contributed by atoms with Crippen molar-refractivity contribution in [2.24, 2.45) is 5.92 Å². The lowest BCUT2D eigenvalue weighted by molar-refractivity contribution is -0.137. The standard InChI is InChI=1S/C11H15F3N2OS/c1-6-7(3-4-17-6)9(15-2)8-5-16-10(18-8)11(12,13)14/h5-7,9,15H,3-4H2,1-2H3. The lowest BCUT2D eigenvalue weighted by Crippen LogP contribution is -2.28. The molecule has 0 amide bonds. The van der Waals surface area contributed by atoms with Gasteiger partial charge in [0.05, 0.1) is 6.10 Å². The molecule has 1 N–H and O–H groups in total. The minimum absolute atomic E-state index is 0.0545. The molecule has 102 valence electrons. The fourth-order valence-electron chi connectivity index (χ4n) is 2.31. The second kappa shape index (κ2) is 5.14. The summed E-state index contributed by atoms with van der Waals surface area (Å²) >= 11 is 0.707. The van der Waals surface area contributed by atoms with Crippen molar-refractivity contribution in [3.8, 4) is 0 Å². The normalized spacial score (nSPS) is 26.5. The molecule has 0 aromatic carbocycles. The molecular formula is C11H15F3N2OS. The van der Waals surface area contributed by atoms with Gasteiger partial charge in [-0.15, -0.1) is 11.3 Å². The van der Waals surface area contributed by atoms with Crippen LogP contribution in [0.25, 0.3) is 0 Å². The summed E-state index contributed by atoms with van der Waals surface area (Å²) in [6.07, 6.45) is -2.14. The van der Waals surface area contributed by atoms with E-state index in [1.165, 1.54) is 6.20 Å². The summed E-state index contributed by atoms with van der Waals surface area (Å²) in [6.45, 7) is 2.61. The summed E-state index contributed by atoms with van der Waals surface area (Å²) in [5.74, 6) is 0.191. The zero-order valence-electron chi connectivity index (χ0n) is 10.1. The van der Waals surface area contributed by atoms with E-state index in [1.54, 1.807) is 7.05 Å². The average Bonchev–Trinajstić information content (AvgIpc) is 2.89. The van der Waals surface area contributed by atoms with Crippen molar-refractivity contribution in [2.75, 3.05) is 13.7 Å². The SMILES string of the molecule is CNC(c1cnc(C(F)(F)F)s1)C1CCOC1C. The summed E-state index contributed by atoms with van der Waals surface area (Å²) in [4.78, 5) is 4.08. The van der Waals surface area contributed by atoms with E-state index in [1.807, 2.05) is 6.92 Å². The fraction of sp³-hybridized carbons (Fsp3) is 0.727. The van der Waals surface area contributed by atoms with Crippen LogP contribution in [0.15, 0.2) is 6.20 Å². The van der Waals surface area contributed by atoms with Gasteiger partial charge in [0.15, 0.2) is 5.01 Å². The van der Waals surface area contributed by atoms with E-state index in [0.29, 0.717) is 22.8 Å². The van der Waals surface area contributed by atoms with Gasteiger partial charge in [-0.3, -0.25) is 0 Å². The summed E-state index contributed by atoms with van der Waals surface area (Å²) in [6, 6.07) is -0.129. The van der Waals surface area contributed by atoms with Gasteiger partial charge in [0.1, 0.15) is 0 Å². The number of hydrogen-bond acceptors (Lipinski definition) is 4. The third kappa shape index (κ3) is 2.67. The van der Waals surface area contributed by atoms with Gasteiger partial charge in [-0.1, -0.05) is 0 Å². The maximum atomic E-state index is 12.5. The van der Waals surface area contributed by atoms with E-state index in [0.717, 1.165) is 6.42 Å². The van der Waals surface area contributed by atoms with E-state index >= 15 is 0 Å². The van der Waals surface area contributed by atoms with Crippen LogP contribution in [0.2, 0.25) is 0 Å². The van der Waals surface area contributed by atoms with Crippen LogP contribution in [0.3, 0.4) is 0 Å². The smallest absolute Gasteiger partial charge is 0.378 e. The van der Waals surface area contributed by atoms with Gasteiger partial charge in [0.2, 0.25) is 0 Å². The van der Waals surface area contributed by atoms with E-state index in [-0.39, 0.29) is 18.1 Å². The Hall–Kier alpha value is -0.660. The predicted molar refractivity (Wildman–Crippen MR) is 62.4 cm³/mol. The van der Waals surface area contributed by atoms with Crippen LogP contribution >= 0.6 is 11.3 Å². The van der Waals surface area contributed by atoms with Gasteiger partial charge < -0.3 is 10.1 Å². The van der Waals surface area contributed by atoms with Crippen molar-refractivity contribution >= 4 is 11.3 Å². The van der Waals surface area contributed by atoms with Gasteiger partial charge in [-0.25, -0.2) is 4.98 Å². The Morgan fingerprint density at radius 1 is 1.56 bits per heavy atom. The lowest BCUT2D eigenvalue weighted by Gasteiger charge is -2.24. The molecule has 1 aliphatic rings. The van der Waals surface area contributed by atoms with Crippen LogP contribution in [0, 0.1) is 5.92 Å². The number of nitrogens with zero attached hydrogens (tertiary/aromatic N) is 1. The molecule has 1 saturated heterocycles. The number of hydrogen-bond donors (Lipinski definition) is 1. The van der Waals surface area contributed by atoms with Gasteiger partial charge in [0, 0.05) is 29.6 Å². The highest BCUT2D eigenvalue weighted by molar-refractivity contribution is 7.11. The summed E-state index contributed by atoms with van der Waals surface area (Å²) in [7, 11) is 1.75. The van der Waals surface area contributed by atoms with Crippen LogP contribution in [-0.2, 0) is 10.9 Å². The number of aromatic nitrogens is 1. The second-order valence-electron chi connectivity index (χ2n) is 4.36. The molecule has 3 nitrogen and oxygen atoms in total. The van der Waals surface area contributed by atoms with E-state index < -0.39 is 11.2 Å². The van der Waals surface area contributed by atoms with Crippen molar-refractivity contribution in [3.05, 3.63) is 16.1 Å². The molecule has 0 aliphatic carbocycles. The first kappa shape index (κ1) is 13.8. The highest BCUT2D eigenvalue weighted by atomic mass is 32.1. The molecule has 1 fully saturated rings. The van der Waals surface area contributed by atoms with Crippen molar-refractivity contribution < 1.29 is 17.9 Å². The van der Waals surface area contributed by atoms with Gasteiger partial charge in [0.25, 0.3) is 0 Å². The number of nitrogens with one attached hydrogen (secondary N) is 1. The van der Waals surface area contributed by atoms with Gasteiger partial charge >= 0.3 is 6.18 Å².